The Labute approximate surface area is 189 Å². The lowest BCUT2D eigenvalue weighted by atomic mass is 10.00. The van der Waals surface area contributed by atoms with E-state index < -0.39 is 33.0 Å². The maximum absolute atomic E-state index is 13.6. The van der Waals surface area contributed by atoms with Gasteiger partial charge in [0.1, 0.15) is 11.4 Å². The molecule has 0 unspecified atom stereocenters. The summed E-state index contributed by atoms with van der Waals surface area (Å²) in [6.45, 7) is 0.291. The number of carbonyl (C=O) groups excluding carboxylic acids is 1. The third kappa shape index (κ3) is 4.45. The number of halogens is 1. The van der Waals surface area contributed by atoms with Crippen LogP contribution in [0.5, 0.6) is 0 Å². The highest BCUT2D eigenvalue weighted by atomic mass is 35.5. The van der Waals surface area contributed by atoms with E-state index in [0.29, 0.717) is 6.54 Å². The van der Waals surface area contributed by atoms with Gasteiger partial charge in [-0.25, -0.2) is 0 Å². The molecule has 1 heterocycles. The van der Waals surface area contributed by atoms with Crippen LogP contribution < -0.4 is 5.32 Å². The Morgan fingerprint density at radius 3 is 2.06 bits per heavy atom. The van der Waals surface area contributed by atoms with Crippen molar-refractivity contribution in [2.75, 3.05) is 0 Å². The van der Waals surface area contributed by atoms with Crippen LogP contribution in [0, 0.1) is 0 Å². The fourth-order valence-corrected chi connectivity index (χ4v) is 5.70. The van der Waals surface area contributed by atoms with Gasteiger partial charge in [-0.05, 0) is 16.7 Å². The zero-order valence-corrected chi connectivity index (χ0v) is 18.3. The van der Waals surface area contributed by atoms with Crippen molar-refractivity contribution in [2.24, 2.45) is 10.2 Å². The van der Waals surface area contributed by atoms with Crippen molar-refractivity contribution < 1.29 is 9.00 Å². The second-order valence-electron chi connectivity index (χ2n) is 7.31. The Morgan fingerprint density at radius 1 is 0.903 bits per heavy atom. The fraction of sp³-hybridized carbons (Fsp3) is 0.208. The summed E-state index contributed by atoms with van der Waals surface area (Å²) < 4.78 is 13.6. The topological polar surface area (TPSA) is 70.9 Å². The maximum atomic E-state index is 13.6. The molecule has 0 bridgehead atoms. The van der Waals surface area contributed by atoms with E-state index in [2.05, 4.69) is 15.5 Å². The lowest BCUT2D eigenvalue weighted by Crippen LogP contribution is -2.54. The molecule has 0 aromatic heterocycles. The summed E-state index contributed by atoms with van der Waals surface area (Å²) in [7, 11) is -1.72. The first-order valence-electron chi connectivity index (χ1n) is 9.97. The molecule has 1 amide bonds. The molecule has 1 N–H and O–H groups in total. The first-order valence-corrected chi connectivity index (χ1v) is 11.7. The average Bonchev–Trinajstić information content (AvgIpc) is 3.17. The van der Waals surface area contributed by atoms with E-state index in [-0.39, 0.29) is 5.75 Å². The molecule has 0 spiro atoms. The highest BCUT2D eigenvalue weighted by molar-refractivity contribution is 7.86. The Bertz CT molecular complexity index is 1080. The van der Waals surface area contributed by atoms with Crippen LogP contribution in [0.2, 0.25) is 0 Å². The second-order valence-corrected chi connectivity index (χ2v) is 9.39. The van der Waals surface area contributed by atoms with Gasteiger partial charge in [0, 0.05) is 6.54 Å². The summed E-state index contributed by atoms with van der Waals surface area (Å²) in [5, 5.41) is 10.6. The van der Waals surface area contributed by atoms with Gasteiger partial charge in [-0.3, -0.25) is 9.00 Å². The van der Waals surface area contributed by atoms with E-state index >= 15 is 0 Å². The van der Waals surface area contributed by atoms with Gasteiger partial charge in [-0.2, -0.15) is 10.2 Å². The van der Waals surface area contributed by atoms with Gasteiger partial charge in [-0.15, -0.1) is 11.6 Å². The first-order chi connectivity index (χ1) is 15.1. The van der Waals surface area contributed by atoms with Crippen LogP contribution in [0.3, 0.4) is 0 Å². The molecular weight excluding hydrogens is 430 g/mol. The molecule has 0 saturated carbocycles. The SMILES string of the molecule is O=C(NCc1ccccc1)[C@@]1([S@](=O)Cc2ccccc2)N=N[C@@H](c2ccccc2)[C@@H]1Cl. The summed E-state index contributed by atoms with van der Waals surface area (Å²) in [5.41, 5.74) is 2.61. The molecule has 31 heavy (non-hydrogen) atoms. The van der Waals surface area contributed by atoms with Crippen molar-refractivity contribution in [2.45, 2.75) is 28.6 Å². The van der Waals surface area contributed by atoms with E-state index in [1.165, 1.54) is 0 Å². The van der Waals surface area contributed by atoms with Gasteiger partial charge >= 0.3 is 0 Å². The van der Waals surface area contributed by atoms with Crippen molar-refractivity contribution >= 4 is 28.3 Å². The second kappa shape index (κ2) is 9.54. The molecule has 1 aliphatic heterocycles. The van der Waals surface area contributed by atoms with Crippen LogP contribution in [0.25, 0.3) is 0 Å². The van der Waals surface area contributed by atoms with Crippen molar-refractivity contribution in [1.82, 2.24) is 5.32 Å². The number of amides is 1. The number of hydrogen-bond acceptors (Lipinski definition) is 4. The molecule has 7 heteroatoms. The van der Waals surface area contributed by atoms with Crippen molar-refractivity contribution in [1.29, 1.82) is 0 Å². The van der Waals surface area contributed by atoms with Crippen molar-refractivity contribution in [3.8, 4) is 0 Å². The molecule has 0 saturated heterocycles. The molecule has 1 aliphatic rings. The quantitative estimate of drug-likeness (QED) is 0.526. The lowest BCUT2D eigenvalue weighted by molar-refractivity contribution is -0.123. The van der Waals surface area contributed by atoms with Crippen LogP contribution in [0.1, 0.15) is 22.7 Å². The largest absolute Gasteiger partial charge is 0.349 e. The van der Waals surface area contributed by atoms with Crippen LogP contribution in [-0.2, 0) is 27.9 Å². The average molecular weight is 452 g/mol. The number of rotatable bonds is 7. The number of nitrogens with one attached hydrogen (secondary N) is 1. The molecule has 158 valence electrons. The van der Waals surface area contributed by atoms with Gasteiger partial charge < -0.3 is 5.32 Å². The minimum atomic E-state index is -1.72. The third-order valence-electron chi connectivity index (χ3n) is 5.23. The lowest BCUT2D eigenvalue weighted by Gasteiger charge is -2.28. The molecule has 3 aromatic rings. The van der Waals surface area contributed by atoms with E-state index in [9.17, 15) is 9.00 Å². The number of carbonyl (C=O) groups is 1. The molecule has 3 aromatic carbocycles. The van der Waals surface area contributed by atoms with Crippen molar-refractivity contribution in [3.63, 3.8) is 0 Å². The molecule has 0 aliphatic carbocycles. The summed E-state index contributed by atoms with van der Waals surface area (Å²) in [6.07, 6.45) is 0. The predicted octanol–water partition coefficient (Wildman–Crippen LogP) is 4.76. The molecule has 5 nitrogen and oxygen atoms in total. The minimum Gasteiger partial charge on any atom is -0.349 e. The monoisotopic (exact) mass is 451 g/mol. The van der Waals surface area contributed by atoms with Gasteiger partial charge in [-0.1, -0.05) is 91.0 Å². The highest BCUT2D eigenvalue weighted by Gasteiger charge is 2.58. The fourth-order valence-electron chi connectivity index (χ4n) is 3.55. The number of nitrogens with zero attached hydrogens (tertiary/aromatic N) is 2. The van der Waals surface area contributed by atoms with Gasteiger partial charge in [0.25, 0.3) is 10.8 Å². The van der Waals surface area contributed by atoms with E-state index in [1.54, 1.807) is 0 Å². The number of benzene rings is 3. The summed E-state index contributed by atoms with van der Waals surface area (Å²) in [5.74, 6) is -0.323. The number of hydrogen-bond donors (Lipinski definition) is 1. The Kier molecular flexibility index (Phi) is 6.59. The Balaban J connectivity index is 1.63. The standard InChI is InChI=1S/C24H22ClN3O2S/c25-22-21(20-14-8-3-9-15-20)27-28-24(22,31(30)17-19-12-6-2-7-13-19)23(29)26-16-18-10-4-1-5-11-18/h1-15,21-22H,16-17H2,(H,26,29)/t21-,22-,24+,31+/m0/s1. The van der Waals surface area contributed by atoms with Crippen LogP contribution in [0.4, 0.5) is 0 Å². The third-order valence-corrected chi connectivity index (χ3v) is 7.73. The van der Waals surface area contributed by atoms with Gasteiger partial charge in [0.2, 0.25) is 0 Å². The number of alkyl halides is 1. The zero-order valence-electron chi connectivity index (χ0n) is 16.7. The smallest absolute Gasteiger partial charge is 0.264 e. The minimum absolute atomic E-state index is 0.156. The summed E-state index contributed by atoms with van der Waals surface area (Å²) in [4.78, 5) is 11.7. The van der Waals surface area contributed by atoms with Gasteiger partial charge in [0.05, 0.1) is 16.6 Å². The maximum Gasteiger partial charge on any atom is 0.264 e. The van der Waals surface area contributed by atoms with Crippen molar-refractivity contribution in [3.05, 3.63) is 108 Å². The Hall–Kier alpha value is -2.83. The van der Waals surface area contributed by atoms with Gasteiger partial charge in [0.15, 0.2) is 0 Å². The first kappa shape index (κ1) is 21.4. The molecule has 0 fully saturated rings. The predicted molar refractivity (Wildman–Crippen MR) is 123 cm³/mol. The zero-order chi connectivity index (χ0) is 21.7. The Morgan fingerprint density at radius 2 is 1.45 bits per heavy atom. The van der Waals surface area contributed by atoms with Crippen LogP contribution in [0.15, 0.2) is 101 Å². The van der Waals surface area contributed by atoms with Crippen LogP contribution in [-0.4, -0.2) is 20.4 Å². The van der Waals surface area contributed by atoms with E-state index in [0.717, 1.165) is 16.7 Å². The highest BCUT2D eigenvalue weighted by Crippen LogP contribution is 2.44. The molecule has 4 rings (SSSR count). The molecular formula is C24H22ClN3O2S. The normalized spacial score (nSPS) is 23.4. The molecule has 0 radical (unpaired) electrons. The van der Waals surface area contributed by atoms with Crippen LogP contribution >= 0.6 is 11.6 Å². The summed E-state index contributed by atoms with van der Waals surface area (Å²) in [6, 6.07) is 27.8. The van der Waals surface area contributed by atoms with E-state index in [4.69, 9.17) is 11.6 Å². The molecule has 4 atom stereocenters. The number of azo groups is 1. The van der Waals surface area contributed by atoms with E-state index in [1.807, 2.05) is 91.0 Å². The summed E-state index contributed by atoms with van der Waals surface area (Å²) >= 11 is 6.83.